The maximum atomic E-state index is 14.1. The van der Waals surface area contributed by atoms with Crippen LogP contribution in [0.1, 0.15) is 233 Å². The average molecular weight is 867 g/mol. The van der Waals surface area contributed by atoms with Crippen LogP contribution in [-0.4, -0.2) is 87.2 Å². The van der Waals surface area contributed by atoms with Crippen molar-refractivity contribution in [2.45, 2.75) is 263 Å². The molecule has 6 atom stereocenters. The number of phosphoric ester groups is 1. The first kappa shape index (κ1) is 55.9. The van der Waals surface area contributed by atoms with Crippen LogP contribution in [0.25, 0.3) is 0 Å². The first-order chi connectivity index (χ1) is 29.0. The Hall–Kier alpha value is -1.11. The number of hydrogen-bond acceptors (Lipinski definition) is 10. The summed E-state index contributed by atoms with van der Waals surface area (Å²) in [6, 6.07) is -1.46. The first-order valence-electron chi connectivity index (χ1n) is 24.6. The summed E-state index contributed by atoms with van der Waals surface area (Å²) in [5, 5.41) is 44.4. The lowest BCUT2D eigenvalue weighted by molar-refractivity contribution is -0.171. The van der Waals surface area contributed by atoms with E-state index >= 15 is 0 Å². The maximum Gasteiger partial charge on any atom is 0.470 e. The minimum atomic E-state index is -5.16. The molecule has 0 aliphatic carbocycles. The monoisotopic (exact) mass is 867 g/mol. The van der Waals surface area contributed by atoms with Gasteiger partial charge in [0.15, 0.2) is 6.10 Å². The van der Waals surface area contributed by atoms with Gasteiger partial charge in [-0.05, 0) is 19.3 Å². The van der Waals surface area contributed by atoms with Crippen molar-refractivity contribution in [1.29, 1.82) is 1.43 Å². The van der Waals surface area contributed by atoms with Crippen LogP contribution in [0.5, 0.6) is 0 Å². The van der Waals surface area contributed by atoms with E-state index in [0.29, 0.717) is 19.3 Å². The van der Waals surface area contributed by atoms with Gasteiger partial charge in [-0.15, -0.1) is 0 Å². The molecule has 0 rings (SSSR count). The Kier molecular flexibility index (Phi) is 37.6. The summed E-state index contributed by atoms with van der Waals surface area (Å²) in [6.07, 6.45) is 27.2. The Labute approximate surface area is 361 Å². The Morgan fingerprint density at radius 3 is 1.31 bits per heavy atom. The van der Waals surface area contributed by atoms with Crippen LogP contribution < -0.4 is 5.32 Å². The van der Waals surface area contributed by atoms with E-state index in [1.807, 2.05) is 0 Å². The second kappa shape index (κ2) is 39.7. The highest BCUT2D eigenvalue weighted by atomic mass is 31.2. The molecule has 0 heterocycles. The van der Waals surface area contributed by atoms with Gasteiger partial charge in [-0.1, -0.05) is 207 Å². The topological polar surface area (TPSA) is 203 Å². The minimum absolute atomic E-state index is 0.309. The number of phosphoric acid groups is 1. The van der Waals surface area contributed by atoms with E-state index in [4.69, 9.17) is 10.7 Å². The van der Waals surface area contributed by atoms with Gasteiger partial charge < -0.3 is 40.3 Å². The van der Waals surface area contributed by atoms with Crippen molar-refractivity contribution in [3.8, 4) is 0 Å². The van der Waals surface area contributed by atoms with Gasteiger partial charge in [0.25, 0.3) is 0 Å². The number of aliphatic hydroxyl groups is 4. The number of nitrogens with one attached hydrogen (secondary N) is 1. The summed E-state index contributed by atoms with van der Waals surface area (Å²) in [5.74, 6) is -1.92. The molecule has 12 nitrogen and oxygen atoms in total. The summed E-state index contributed by atoms with van der Waals surface area (Å²) in [4.78, 5) is 41.2. The maximum absolute atomic E-state index is 14.1. The molecule has 7 N–H and O–H groups in total. The first-order valence-corrected chi connectivity index (χ1v) is 25.7. The Morgan fingerprint density at radius 1 is 0.576 bits per heavy atom. The zero-order chi connectivity index (χ0) is 44.7. The largest absolute Gasteiger partial charge is 0.470 e. The molecule has 1 unspecified atom stereocenters. The SMILES string of the molecule is [2H]OP(=O)(O)O[C@@H]([C@H](OC(=O)C(CCCCCCCCCCCC)CCCCCCCCCCCC)[C@H](CO)NC(=O)C[C@H](O)CCCCCCCCCCC)[C@H](O)CO. The molecule has 352 valence electrons. The van der Waals surface area contributed by atoms with Crippen LogP contribution in [0.15, 0.2) is 0 Å². The van der Waals surface area contributed by atoms with E-state index in [0.717, 1.165) is 77.0 Å². The summed E-state index contributed by atoms with van der Waals surface area (Å²) in [7, 11) is -5.16. The lowest BCUT2D eigenvalue weighted by Crippen LogP contribution is -2.57. The fraction of sp³-hybridized carbons (Fsp3) is 0.957. The summed E-state index contributed by atoms with van der Waals surface area (Å²) < 4.78 is 30.5. The number of carbonyl (C=O) groups is 2. The lowest BCUT2D eigenvalue weighted by Gasteiger charge is -2.35. The van der Waals surface area contributed by atoms with E-state index < -0.39 is 69.3 Å². The fourth-order valence-corrected chi connectivity index (χ4v) is 8.42. The molecule has 0 fully saturated rings. The molecule has 59 heavy (non-hydrogen) atoms. The molecular formula is C46H92NO11P. The molecule has 0 aliphatic heterocycles. The third-order valence-corrected chi connectivity index (χ3v) is 12.1. The zero-order valence-electron chi connectivity index (χ0n) is 38.8. The standard InChI is InChI=1S/C46H92NO11P/c1-4-7-10-13-16-19-22-24-27-30-33-39(34-31-28-25-23-20-17-14-11-8-5-2)46(53)57-44(45(42(51)38-49)58-59(54,55)56)41(37-48)47-43(52)36-40(50)35-32-29-26-21-18-15-12-9-6-3/h39-42,44-45,48-51H,4-38H2,1-3H3,(H,47,52)(H2,54,55,56)/t40-,41+,42-,44-,45-/m1/s1/i/hD. The molecule has 13 heteroatoms. The van der Waals surface area contributed by atoms with Gasteiger partial charge in [-0.3, -0.25) is 14.1 Å². The normalized spacial score (nSPS) is 15.6. The van der Waals surface area contributed by atoms with E-state index in [1.165, 1.54) is 109 Å². The Bertz CT molecular complexity index is 1020. The number of ether oxygens (including phenoxy) is 1. The molecule has 1 amide bonds. The molecule has 0 aromatic carbocycles. The zero-order valence-corrected chi connectivity index (χ0v) is 38.7. The molecular weight excluding hydrogens is 773 g/mol. The Morgan fingerprint density at radius 2 is 0.949 bits per heavy atom. The molecule has 0 saturated carbocycles. The molecule has 0 aromatic heterocycles. The van der Waals surface area contributed by atoms with Gasteiger partial charge in [0.2, 0.25) is 7.34 Å². The van der Waals surface area contributed by atoms with E-state index in [-0.39, 0.29) is 6.42 Å². The van der Waals surface area contributed by atoms with Crippen molar-refractivity contribution in [3.05, 3.63) is 0 Å². The molecule has 0 radical (unpaired) electrons. The summed E-state index contributed by atoms with van der Waals surface area (Å²) in [6.45, 7) is 4.78. The molecule has 0 aromatic rings. The number of amides is 1. The van der Waals surface area contributed by atoms with Crippen LogP contribution in [0.2, 0.25) is 0 Å². The summed E-state index contributed by atoms with van der Waals surface area (Å²) >= 11 is 0. The number of esters is 1. The van der Waals surface area contributed by atoms with Gasteiger partial charge in [0.1, 0.15) is 12.2 Å². The van der Waals surface area contributed by atoms with E-state index in [1.54, 1.807) is 0 Å². The quantitative estimate of drug-likeness (QED) is 0.0174. The van der Waals surface area contributed by atoms with Crippen molar-refractivity contribution < 1.29 is 53.6 Å². The van der Waals surface area contributed by atoms with Crippen LogP contribution in [0.3, 0.4) is 0 Å². The van der Waals surface area contributed by atoms with Crippen molar-refractivity contribution >= 4 is 19.7 Å². The van der Waals surface area contributed by atoms with Crippen molar-refractivity contribution in [2.24, 2.45) is 5.92 Å². The third-order valence-electron chi connectivity index (χ3n) is 11.5. The van der Waals surface area contributed by atoms with Crippen LogP contribution in [0.4, 0.5) is 0 Å². The predicted molar refractivity (Wildman–Crippen MR) is 238 cm³/mol. The van der Waals surface area contributed by atoms with Crippen LogP contribution in [-0.2, 0) is 23.4 Å². The number of rotatable bonds is 45. The average Bonchev–Trinajstić information content (AvgIpc) is 3.23. The van der Waals surface area contributed by atoms with Gasteiger partial charge in [0.05, 0.1) is 37.7 Å². The van der Waals surface area contributed by atoms with Gasteiger partial charge in [-0.2, -0.15) is 0 Å². The van der Waals surface area contributed by atoms with Gasteiger partial charge >= 0.3 is 13.8 Å². The highest BCUT2D eigenvalue weighted by molar-refractivity contribution is 7.46. The second-order valence-electron chi connectivity index (χ2n) is 17.2. The van der Waals surface area contributed by atoms with Gasteiger partial charge in [0, 0.05) is 0 Å². The lowest BCUT2D eigenvalue weighted by atomic mass is 9.93. The molecule has 0 bridgehead atoms. The highest BCUT2D eigenvalue weighted by Crippen LogP contribution is 2.40. The third kappa shape index (κ3) is 34.1. The van der Waals surface area contributed by atoms with Crippen LogP contribution in [0, 0.1) is 5.92 Å². The summed E-state index contributed by atoms with van der Waals surface area (Å²) in [5.41, 5.74) is 0. The predicted octanol–water partition coefficient (Wildman–Crippen LogP) is 10.1. The number of hydrogen-bond donors (Lipinski definition) is 7. The minimum Gasteiger partial charge on any atom is -0.457 e. The Balaban J connectivity index is 5.79. The highest BCUT2D eigenvalue weighted by Gasteiger charge is 2.43. The van der Waals surface area contributed by atoms with Crippen LogP contribution >= 0.6 is 7.82 Å². The molecule has 0 spiro atoms. The van der Waals surface area contributed by atoms with E-state index in [9.17, 15) is 39.5 Å². The number of unbranched alkanes of at least 4 members (excludes halogenated alkanes) is 26. The molecule has 0 saturated heterocycles. The van der Waals surface area contributed by atoms with Crippen molar-refractivity contribution in [1.82, 2.24) is 5.32 Å². The second-order valence-corrected chi connectivity index (χ2v) is 18.3. The molecule has 0 aliphatic rings. The van der Waals surface area contributed by atoms with E-state index in [2.05, 4.69) is 31.0 Å². The smallest absolute Gasteiger partial charge is 0.457 e. The fourth-order valence-electron chi connectivity index (χ4n) is 7.86. The number of aliphatic hydroxyl groups excluding tert-OH is 4. The van der Waals surface area contributed by atoms with Crippen molar-refractivity contribution in [2.75, 3.05) is 13.2 Å². The van der Waals surface area contributed by atoms with Gasteiger partial charge in [-0.25, -0.2) is 4.57 Å². The van der Waals surface area contributed by atoms with Crippen molar-refractivity contribution in [3.63, 3.8) is 0 Å². The number of carbonyl (C=O) groups excluding carboxylic acids is 2.